The van der Waals surface area contributed by atoms with Gasteiger partial charge in [0.2, 0.25) is 5.91 Å². The maximum Gasteiger partial charge on any atom is 0.277 e. The molecule has 4 aromatic rings. The van der Waals surface area contributed by atoms with Crippen molar-refractivity contribution in [3.05, 3.63) is 60.3 Å². The summed E-state index contributed by atoms with van der Waals surface area (Å²) in [7, 11) is 0. The topological polar surface area (TPSA) is 83.8 Å². The maximum atomic E-state index is 13.5. The van der Waals surface area contributed by atoms with Crippen molar-refractivity contribution in [1.82, 2.24) is 15.2 Å². The molecule has 0 aliphatic carbocycles. The van der Waals surface area contributed by atoms with Crippen LogP contribution in [0, 0.1) is 11.6 Å². The zero-order valence-corrected chi connectivity index (χ0v) is 14.5. The molecule has 2 N–H and O–H groups in total. The van der Waals surface area contributed by atoms with Crippen LogP contribution >= 0.6 is 11.8 Å². The second kappa shape index (κ2) is 7.20. The fourth-order valence-corrected chi connectivity index (χ4v) is 3.10. The van der Waals surface area contributed by atoms with E-state index in [9.17, 15) is 13.6 Å². The summed E-state index contributed by atoms with van der Waals surface area (Å²) in [6, 6.07) is 10.5. The Hall–Kier alpha value is -3.20. The Morgan fingerprint density at radius 2 is 2.04 bits per heavy atom. The summed E-state index contributed by atoms with van der Waals surface area (Å²) in [6.45, 7) is 0. The Labute approximate surface area is 156 Å². The third-order valence-electron chi connectivity index (χ3n) is 3.76. The molecule has 0 atom stereocenters. The molecule has 6 nitrogen and oxygen atoms in total. The number of aromatic amines is 1. The smallest absolute Gasteiger partial charge is 0.277 e. The Kier molecular flexibility index (Phi) is 4.59. The summed E-state index contributed by atoms with van der Waals surface area (Å²) in [5.74, 6) is -1.64. The van der Waals surface area contributed by atoms with Crippen LogP contribution in [0.3, 0.4) is 0 Å². The second-order valence-electron chi connectivity index (χ2n) is 5.58. The van der Waals surface area contributed by atoms with Gasteiger partial charge in [0.25, 0.3) is 11.1 Å². The van der Waals surface area contributed by atoms with Crippen LogP contribution in [0.1, 0.15) is 0 Å². The van der Waals surface area contributed by atoms with E-state index in [-0.39, 0.29) is 16.7 Å². The van der Waals surface area contributed by atoms with Crippen LogP contribution in [0.25, 0.3) is 22.4 Å². The maximum absolute atomic E-state index is 13.5. The van der Waals surface area contributed by atoms with Gasteiger partial charge < -0.3 is 14.7 Å². The number of nitrogens with zero attached hydrogens (tertiary/aromatic N) is 2. The third-order valence-corrected chi connectivity index (χ3v) is 4.57. The van der Waals surface area contributed by atoms with Gasteiger partial charge in [-0.25, -0.2) is 8.78 Å². The van der Waals surface area contributed by atoms with Crippen molar-refractivity contribution in [3.63, 3.8) is 0 Å². The molecule has 0 radical (unpaired) electrons. The number of anilines is 1. The lowest BCUT2D eigenvalue weighted by Crippen LogP contribution is -2.15. The van der Waals surface area contributed by atoms with Crippen LogP contribution in [0.15, 0.2) is 58.3 Å². The highest BCUT2D eigenvalue weighted by atomic mass is 32.2. The number of carbonyl (C=O) groups is 1. The number of amides is 1. The van der Waals surface area contributed by atoms with Crippen LogP contribution in [0.4, 0.5) is 14.5 Å². The zero-order valence-electron chi connectivity index (χ0n) is 13.7. The molecule has 136 valence electrons. The van der Waals surface area contributed by atoms with Gasteiger partial charge in [0.1, 0.15) is 11.6 Å². The van der Waals surface area contributed by atoms with Gasteiger partial charge in [-0.15, -0.1) is 10.2 Å². The molecule has 2 aromatic carbocycles. The van der Waals surface area contributed by atoms with Gasteiger partial charge in [-0.05, 0) is 18.2 Å². The van der Waals surface area contributed by atoms with E-state index in [0.29, 0.717) is 5.89 Å². The Morgan fingerprint density at radius 1 is 1.19 bits per heavy atom. The molecule has 1 amide bonds. The summed E-state index contributed by atoms with van der Waals surface area (Å²) in [6.07, 6.45) is 1.77. The molecule has 0 saturated heterocycles. The van der Waals surface area contributed by atoms with Crippen LogP contribution in [0.5, 0.6) is 0 Å². The van der Waals surface area contributed by atoms with Crippen molar-refractivity contribution in [1.29, 1.82) is 0 Å². The molecule has 9 heteroatoms. The highest BCUT2D eigenvalue weighted by molar-refractivity contribution is 7.99. The number of fused-ring (bicyclic) bond motifs is 1. The fourth-order valence-electron chi connectivity index (χ4n) is 2.53. The van der Waals surface area contributed by atoms with Crippen LogP contribution in [-0.4, -0.2) is 26.8 Å². The molecular formula is C18H12F2N4O2S. The van der Waals surface area contributed by atoms with Crippen molar-refractivity contribution in [2.45, 2.75) is 5.22 Å². The zero-order chi connectivity index (χ0) is 18.8. The normalized spacial score (nSPS) is 11.0. The van der Waals surface area contributed by atoms with Gasteiger partial charge in [-0.1, -0.05) is 30.0 Å². The standard InChI is InChI=1S/C18H12F2N4O2S/c19-10-5-6-13(20)15(7-10)22-16(25)9-27-18-24-23-17(26-18)12-8-21-14-4-2-1-3-11(12)14/h1-8,21H,9H2,(H,22,25). The van der Waals surface area contributed by atoms with Crippen molar-refractivity contribution >= 4 is 34.3 Å². The van der Waals surface area contributed by atoms with Crippen LogP contribution < -0.4 is 5.32 Å². The number of H-pyrrole nitrogens is 1. The predicted octanol–water partition coefficient (Wildman–Crippen LogP) is 4.23. The summed E-state index contributed by atoms with van der Waals surface area (Å²) in [4.78, 5) is 15.1. The average Bonchev–Trinajstić information content (AvgIpc) is 3.29. The van der Waals surface area contributed by atoms with Crippen LogP contribution in [-0.2, 0) is 4.79 Å². The number of benzene rings is 2. The van der Waals surface area contributed by atoms with Gasteiger partial charge in [0, 0.05) is 23.2 Å². The van der Waals surface area contributed by atoms with Gasteiger partial charge in [-0.2, -0.15) is 0 Å². The molecule has 2 heterocycles. The van der Waals surface area contributed by atoms with E-state index in [1.165, 1.54) is 0 Å². The van der Waals surface area contributed by atoms with E-state index in [1.54, 1.807) is 6.20 Å². The highest BCUT2D eigenvalue weighted by Gasteiger charge is 2.15. The van der Waals surface area contributed by atoms with E-state index in [1.807, 2.05) is 24.3 Å². The van der Waals surface area contributed by atoms with Crippen molar-refractivity contribution in [2.24, 2.45) is 0 Å². The minimum atomic E-state index is -0.714. The summed E-state index contributed by atoms with van der Waals surface area (Å²) in [5.41, 5.74) is 1.48. The summed E-state index contributed by atoms with van der Waals surface area (Å²) in [5, 5.41) is 11.4. The molecule has 0 bridgehead atoms. The van der Waals surface area contributed by atoms with E-state index < -0.39 is 17.5 Å². The van der Waals surface area contributed by atoms with Gasteiger partial charge in [0.05, 0.1) is 17.0 Å². The lowest BCUT2D eigenvalue weighted by Gasteiger charge is -2.05. The average molecular weight is 386 g/mol. The van der Waals surface area contributed by atoms with E-state index in [4.69, 9.17) is 4.42 Å². The lowest BCUT2D eigenvalue weighted by atomic mass is 10.2. The number of para-hydroxylation sites is 1. The molecule has 27 heavy (non-hydrogen) atoms. The number of rotatable bonds is 5. The molecule has 0 aliphatic rings. The Balaban J connectivity index is 1.42. The largest absolute Gasteiger partial charge is 0.411 e. The first-order chi connectivity index (χ1) is 13.1. The number of aromatic nitrogens is 3. The number of carbonyl (C=O) groups excluding carboxylic acids is 1. The van der Waals surface area contributed by atoms with Crippen molar-refractivity contribution in [2.75, 3.05) is 11.1 Å². The molecule has 0 fully saturated rings. The Bertz CT molecular complexity index is 1130. The fraction of sp³-hybridized carbons (Fsp3) is 0.0556. The van der Waals surface area contributed by atoms with E-state index in [2.05, 4.69) is 20.5 Å². The lowest BCUT2D eigenvalue weighted by molar-refractivity contribution is -0.113. The van der Waals surface area contributed by atoms with E-state index >= 15 is 0 Å². The number of halogens is 2. The molecule has 0 saturated carbocycles. The second-order valence-corrected chi connectivity index (χ2v) is 6.51. The minimum absolute atomic E-state index is 0.0918. The summed E-state index contributed by atoms with van der Waals surface area (Å²) >= 11 is 1.00. The SMILES string of the molecule is O=C(CSc1nnc(-c2c[nH]c3ccccc23)o1)Nc1cc(F)ccc1F. The minimum Gasteiger partial charge on any atom is -0.411 e. The molecule has 0 unspecified atom stereocenters. The van der Waals surface area contributed by atoms with Gasteiger partial charge in [-0.3, -0.25) is 4.79 Å². The summed E-state index contributed by atoms with van der Waals surface area (Å²) < 4.78 is 32.3. The Morgan fingerprint density at radius 3 is 2.93 bits per heavy atom. The first-order valence-corrected chi connectivity index (χ1v) is 8.86. The van der Waals surface area contributed by atoms with Crippen LogP contribution in [0.2, 0.25) is 0 Å². The molecule has 4 rings (SSSR count). The molecule has 0 aliphatic heterocycles. The highest BCUT2D eigenvalue weighted by Crippen LogP contribution is 2.29. The third kappa shape index (κ3) is 3.68. The van der Waals surface area contributed by atoms with Crippen molar-refractivity contribution < 1.29 is 18.0 Å². The molecule has 0 spiro atoms. The molecule has 2 aromatic heterocycles. The van der Waals surface area contributed by atoms with Gasteiger partial charge in [0.15, 0.2) is 0 Å². The monoisotopic (exact) mass is 386 g/mol. The van der Waals surface area contributed by atoms with E-state index in [0.717, 1.165) is 46.4 Å². The number of nitrogens with one attached hydrogen (secondary N) is 2. The van der Waals surface area contributed by atoms with Gasteiger partial charge >= 0.3 is 0 Å². The number of hydrogen-bond donors (Lipinski definition) is 2. The quantitative estimate of drug-likeness (QED) is 0.502. The first kappa shape index (κ1) is 17.2. The van der Waals surface area contributed by atoms with Crippen molar-refractivity contribution in [3.8, 4) is 11.5 Å². The number of hydrogen-bond acceptors (Lipinski definition) is 5. The first-order valence-electron chi connectivity index (χ1n) is 7.88. The predicted molar refractivity (Wildman–Crippen MR) is 97.3 cm³/mol. The molecular weight excluding hydrogens is 374 g/mol. The number of thioether (sulfide) groups is 1.